The number of thiazole rings is 1. The quantitative estimate of drug-likeness (QED) is 0.728. The summed E-state index contributed by atoms with van der Waals surface area (Å²) >= 11 is 1.65. The Kier molecular flexibility index (Phi) is 1.69. The van der Waals surface area contributed by atoms with E-state index in [0.29, 0.717) is 0 Å². The Hall–Kier alpha value is -0.410. The molecule has 0 bridgehead atoms. The van der Waals surface area contributed by atoms with Gasteiger partial charge in [0.05, 0.1) is 11.2 Å². The van der Waals surface area contributed by atoms with Crippen molar-refractivity contribution in [2.75, 3.05) is 0 Å². The number of hydrogen-bond acceptors (Lipinski definition) is 3. The second-order valence-corrected chi connectivity index (χ2v) is 4.09. The van der Waals surface area contributed by atoms with Crippen LogP contribution in [0.3, 0.4) is 0 Å². The van der Waals surface area contributed by atoms with E-state index in [-0.39, 0.29) is 5.54 Å². The van der Waals surface area contributed by atoms with Gasteiger partial charge in [-0.15, -0.1) is 11.3 Å². The van der Waals surface area contributed by atoms with Gasteiger partial charge < -0.3 is 5.73 Å². The van der Waals surface area contributed by atoms with Crippen LogP contribution in [-0.2, 0) is 6.42 Å². The van der Waals surface area contributed by atoms with Gasteiger partial charge in [0.2, 0.25) is 0 Å². The van der Waals surface area contributed by atoms with Crippen molar-refractivity contribution >= 4 is 11.3 Å². The SMILES string of the molecule is NC1(Cc2cscn2)CCC1. The molecule has 2 rings (SSSR count). The molecular weight excluding hydrogens is 156 g/mol. The molecule has 0 aromatic carbocycles. The predicted molar refractivity (Wildman–Crippen MR) is 46.6 cm³/mol. The minimum absolute atomic E-state index is 0.0913. The Morgan fingerprint density at radius 3 is 2.91 bits per heavy atom. The molecule has 1 fully saturated rings. The number of nitrogens with zero attached hydrogens (tertiary/aromatic N) is 1. The van der Waals surface area contributed by atoms with Crippen LogP contribution in [-0.4, -0.2) is 10.5 Å². The van der Waals surface area contributed by atoms with E-state index in [0.717, 1.165) is 12.1 Å². The summed E-state index contributed by atoms with van der Waals surface area (Å²) in [4.78, 5) is 4.22. The molecule has 0 unspecified atom stereocenters. The summed E-state index contributed by atoms with van der Waals surface area (Å²) in [5.74, 6) is 0. The van der Waals surface area contributed by atoms with E-state index < -0.39 is 0 Å². The highest BCUT2D eigenvalue weighted by Gasteiger charge is 2.32. The van der Waals surface area contributed by atoms with Gasteiger partial charge in [0.1, 0.15) is 0 Å². The topological polar surface area (TPSA) is 38.9 Å². The van der Waals surface area contributed by atoms with Crippen LogP contribution in [0.5, 0.6) is 0 Å². The zero-order chi connectivity index (χ0) is 7.73. The van der Waals surface area contributed by atoms with Gasteiger partial charge in [-0.2, -0.15) is 0 Å². The highest BCUT2D eigenvalue weighted by atomic mass is 32.1. The van der Waals surface area contributed by atoms with Crippen molar-refractivity contribution in [3.63, 3.8) is 0 Å². The van der Waals surface area contributed by atoms with Crippen molar-refractivity contribution in [1.29, 1.82) is 0 Å². The molecule has 1 aromatic rings. The molecule has 1 aliphatic carbocycles. The van der Waals surface area contributed by atoms with Gasteiger partial charge in [-0.05, 0) is 19.3 Å². The second kappa shape index (κ2) is 2.57. The minimum atomic E-state index is 0.0913. The maximum atomic E-state index is 6.06. The lowest BCUT2D eigenvalue weighted by atomic mass is 9.75. The van der Waals surface area contributed by atoms with Crippen LogP contribution in [0.15, 0.2) is 10.9 Å². The lowest BCUT2D eigenvalue weighted by Crippen LogP contribution is -2.48. The molecule has 1 saturated carbocycles. The number of nitrogens with two attached hydrogens (primary N) is 1. The van der Waals surface area contributed by atoms with Gasteiger partial charge in [-0.25, -0.2) is 4.98 Å². The molecule has 0 saturated heterocycles. The molecule has 3 heteroatoms. The van der Waals surface area contributed by atoms with Gasteiger partial charge >= 0.3 is 0 Å². The third-order valence-electron chi connectivity index (χ3n) is 2.37. The lowest BCUT2D eigenvalue weighted by molar-refractivity contribution is 0.246. The van der Waals surface area contributed by atoms with E-state index >= 15 is 0 Å². The van der Waals surface area contributed by atoms with Crippen LogP contribution in [0.2, 0.25) is 0 Å². The average molecular weight is 168 g/mol. The number of hydrogen-bond donors (Lipinski definition) is 1. The normalized spacial score (nSPS) is 21.2. The molecule has 2 nitrogen and oxygen atoms in total. The standard InChI is InChI=1S/C8H12N2S/c9-8(2-1-3-8)4-7-5-11-6-10-7/h5-6H,1-4,9H2. The Morgan fingerprint density at radius 1 is 1.64 bits per heavy atom. The second-order valence-electron chi connectivity index (χ2n) is 3.37. The van der Waals surface area contributed by atoms with E-state index in [1.54, 1.807) is 11.3 Å². The molecule has 0 atom stereocenters. The monoisotopic (exact) mass is 168 g/mol. The summed E-state index contributed by atoms with van der Waals surface area (Å²) in [5.41, 5.74) is 9.19. The molecule has 0 aliphatic heterocycles. The van der Waals surface area contributed by atoms with E-state index in [1.165, 1.54) is 19.3 Å². The Bertz CT molecular complexity index is 226. The first-order chi connectivity index (χ1) is 5.29. The summed E-state index contributed by atoms with van der Waals surface area (Å²) in [6, 6.07) is 0. The predicted octanol–water partition coefficient (Wildman–Crippen LogP) is 1.57. The molecule has 2 N–H and O–H groups in total. The smallest absolute Gasteiger partial charge is 0.0794 e. The molecule has 1 aromatic heterocycles. The summed E-state index contributed by atoms with van der Waals surface area (Å²) in [6.45, 7) is 0. The molecule has 0 spiro atoms. The first-order valence-corrected chi connectivity index (χ1v) is 4.89. The summed E-state index contributed by atoms with van der Waals surface area (Å²) in [6.07, 6.45) is 4.60. The summed E-state index contributed by atoms with van der Waals surface area (Å²) < 4.78 is 0. The van der Waals surface area contributed by atoms with E-state index in [1.807, 2.05) is 5.51 Å². The number of aromatic nitrogens is 1. The first kappa shape index (κ1) is 7.25. The van der Waals surface area contributed by atoms with E-state index in [9.17, 15) is 0 Å². The number of rotatable bonds is 2. The van der Waals surface area contributed by atoms with Crippen molar-refractivity contribution in [3.05, 3.63) is 16.6 Å². The maximum absolute atomic E-state index is 6.06. The fraction of sp³-hybridized carbons (Fsp3) is 0.625. The fourth-order valence-electron chi connectivity index (χ4n) is 1.49. The lowest BCUT2D eigenvalue weighted by Gasteiger charge is -2.37. The van der Waals surface area contributed by atoms with Gasteiger partial charge in [0, 0.05) is 17.3 Å². The van der Waals surface area contributed by atoms with Crippen LogP contribution in [0.25, 0.3) is 0 Å². The van der Waals surface area contributed by atoms with Crippen molar-refractivity contribution in [2.24, 2.45) is 5.73 Å². The Balaban J connectivity index is 2.00. The molecule has 60 valence electrons. The van der Waals surface area contributed by atoms with Crippen LogP contribution in [0.4, 0.5) is 0 Å². The van der Waals surface area contributed by atoms with E-state index in [2.05, 4.69) is 10.4 Å². The Morgan fingerprint density at radius 2 is 2.45 bits per heavy atom. The summed E-state index contributed by atoms with van der Waals surface area (Å²) in [5, 5.41) is 2.09. The van der Waals surface area contributed by atoms with Gasteiger partial charge in [-0.3, -0.25) is 0 Å². The molecule has 1 heterocycles. The molecular formula is C8H12N2S. The summed E-state index contributed by atoms with van der Waals surface area (Å²) in [7, 11) is 0. The molecule has 1 aliphatic rings. The van der Waals surface area contributed by atoms with Crippen LogP contribution < -0.4 is 5.73 Å². The molecule has 0 amide bonds. The highest BCUT2D eigenvalue weighted by molar-refractivity contribution is 7.07. The van der Waals surface area contributed by atoms with Crippen LogP contribution in [0, 0.1) is 0 Å². The fourth-order valence-corrected chi connectivity index (χ4v) is 2.05. The Labute approximate surface area is 70.5 Å². The van der Waals surface area contributed by atoms with Crippen molar-refractivity contribution in [3.8, 4) is 0 Å². The van der Waals surface area contributed by atoms with Gasteiger partial charge in [-0.1, -0.05) is 0 Å². The van der Waals surface area contributed by atoms with Crippen molar-refractivity contribution in [1.82, 2.24) is 4.98 Å². The van der Waals surface area contributed by atoms with Crippen LogP contribution >= 0.6 is 11.3 Å². The third kappa shape index (κ3) is 1.44. The minimum Gasteiger partial charge on any atom is -0.325 e. The first-order valence-electron chi connectivity index (χ1n) is 3.94. The molecule has 0 radical (unpaired) electrons. The zero-order valence-corrected chi connectivity index (χ0v) is 7.23. The van der Waals surface area contributed by atoms with Gasteiger partial charge in [0.25, 0.3) is 0 Å². The van der Waals surface area contributed by atoms with Gasteiger partial charge in [0.15, 0.2) is 0 Å². The van der Waals surface area contributed by atoms with Crippen LogP contribution in [0.1, 0.15) is 25.0 Å². The third-order valence-corrected chi connectivity index (χ3v) is 3.00. The maximum Gasteiger partial charge on any atom is 0.0794 e. The average Bonchev–Trinajstić information content (AvgIpc) is 2.36. The zero-order valence-electron chi connectivity index (χ0n) is 6.42. The largest absolute Gasteiger partial charge is 0.325 e. The highest BCUT2D eigenvalue weighted by Crippen LogP contribution is 2.31. The van der Waals surface area contributed by atoms with Crippen molar-refractivity contribution in [2.45, 2.75) is 31.2 Å². The van der Waals surface area contributed by atoms with E-state index in [4.69, 9.17) is 5.73 Å². The molecule has 11 heavy (non-hydrogen) atoms. The van der Waals surface area contributed by atoms with Crippen molar-refractivity contribution < 1.29 is 0 Å².